The Labute approximate surface area is 680 Å². The monoisotopic (exact) mass is 1570 g/mol. The first kappa shape index (κ1) is 80.6. The highest BCUT2D eigenvalue weighted by Crippen LogP contribution is 2.48. The lowest BCUT2D eigenvalue weighted by molar-refractivity contribution is 0.556. The molecule has 0 fully saturated rings. The van der Waals surface area contributed by atoms with Crippen molar-refractivity contribution < 1.29 is 0 Å². The molecule has 11 aromatic rings. The molecule has 0 atom stereocenters. The Morgan fingerprint density at radius 3 is 1.05 bits per heavy atom. The largest absolute Gasteiger partial charge is 0.354 e. The van der Waals surface area contributed by atoms with Crippen LogP contribution in [0.15, 0.2) is 162 Å². The van der Waals surface area contributed by atoms with E-state index >= 15 is 0 Å². The minimum Gasteiger partial charge on any atom is -0.354 e. The van der Waals surface area contributed by atoms with Crippen LogP contribution in [0, 0.1) is 0 Å². The molecule has 7 nitrogen and oxygen atoms in total. The lowest BCUT2D eigenvalue weighted by Crippen LogP contribution is -2.16. The van der Waals surface area contributed by atoms with Gasteiger partial charge in [-0.1, -0.05) is 285 Å². The van der Waals surface area contributed by atoms with Crippen molar-refractivity contribution in [2.45, 2.75) is 260 Å². The number of rotatable bonds is 30. The van der Waals surface area contributed by atoms with Crippen LogP contribution in [0.4, 0.5) is 0 Å². The van der Waals surface area contributed by atoms with Gasteiger partial charge in [0.1, 0.15) is 0 Å². The molecule has 111 heavy (non-hydrogen) atoms. The third kappa shape index (κ3) is 19.8. The van der Waals surface area contributed by atoms with Crippen LogP contribution >= 0.6 is 38.6 Å². The van der Waals surface area contributed by atoms with Crippen molar-refractivity contribution in [3.05, 3.63) is 218 Å². The third-order valence-corrected chi connectivity index (χ3v) is 25.7. The summed E-state index contributed by atoms with van der Waals surface area (Å²) in [5.74, 6) is 0. The predicted octanol–water partition coefficient (Wildman–Crippen LogP) is 31.2. The number of nitrogens with one attached hydrogen (secondary N) is 2. The molecule has 2 aliphatic rings. The van der Waals surface area contributed by atoms with E-state index in [1.807, 2.05) is 71.5 Å². The van der Waals surface area contributed by atoms with E-state index in [1.54, 1.807) is 0 Å². The van der Waals surface area contributed by atoms with Crippen LogP contribution in [0.1, 0.15) is 282 Å². The number of unbranched alkanes of at least 4 members (excludes halogenated alkanes) is 18. The number of halogens is 1. The summed E-state index contributed by atoms with van der Waals surface area (Å²) in [4.78, 5) is 38.7. The second-order valence-electron chi connectivity index (χ2n) is 35.5. The molecule has 8 aromatic heterocycles. The summed E-state index contributed by atoms with van der Waals surface area (Å²) in [6, 6.07) is 54.5. The Morgan fingerprint density at radius 1 is 0.315 bits per heavy atom. The lowest BCUT2D eigenvalue weighted by atomic mass is 9.78. The number of aromatic nitrogens is 7. The SMILES string of the molecule is CCCCCCCCCCCCc1cc(-c2c3nc(c(-c4cc(C(C)(C)C)cc(C(C)(C)C)c4)c4ccc([nH]4)c(-c4cc(CCCCCCCCCCCC)c(-c5ccc(-c6cc(-c7ccccn7)nc(-c7ccccn7)c6)cc5)s4)c4nc(c(-c5cc(C(C)(C)C)cc(C(C)(C)C)c5)c5ccc2[nH]5)C=C4)C=C3)sc1Br. The molecule has 0 saturated heterocycles. The number of nitrogens with zero attached hydrogens (tertiary/aromatic N) is 5. The Bertz CT molecular complexity index is 5070. The molecule has 0 saturated carbocycles. The van der Waals surface area contributed by atoms with E-state index in [0.29, 0.717) is 0 Å². The minimum atomic E-state index is -0.125. The van der Waals surface area contributed by atoms with Crippen molar-refractivity contribution in [3.8, 4) is 87.5 Å². The number of pyridine rings is 3. The van der Waals surface area contributed by atoms with Crippen molar-refractivity contribution in [2.24, 2.45) is 0 Å². The summed E-state index contributed by atoms with van der Waals surface area (Å²) in [7, 11) is 0. The minimum absolute atomic E-state index is 0.125. The molecule has 3 aromatic carbocycles. The van der Waals surface area contributed by atoms with Gasteiger partial charge in [-0.15, -0.1) is 22.7 Å². The maximum Gasteiger partial charge on any atom is 0.0900 e. The maximum absolute atomic E-state index is 6.02. The number of hydrogen-bond acceptors (Lipinski definition) is 7. The van der Waals surface area contributed by atoms with Crippen molar-refractivity contribution >= 4 is 85.0 Å². The van der Waals surface area contributed by atoms with Gasteiger partial charge in [0.15, 0.2) is 0 Å². The molecule has 0 radical (unpaired) electrons. The van der Waals surface area contributed by atoms with Crippen LogP contribution < -0.4 is 0 Å². The van der Waals surface area contributed by atoms with Gasteiger partial charge in [0.2, 0.25) is 0 Å². The number of H-pyrrole nitrogens is 2. The highest BCUT2D eigenvalue weighted by atomic mass is 79.9. The Hall–Kier alpha value is -8.41. The second kappa shape index (κ2) is 35.7. The topological polar surface area (TPSA) is 96.0 Å². The van der Waals surface area contributed by atoms with Gasteiger partial charge >= 0.3 is 0 Å². The Kier molecular flexibility index (Phi) is 26.0. The van der Waals surface area contributed by atoms with Crippen LogP contribution in [-0.2, 0) is 34.5 Å². The van der Waals surface area contributed by atoms with Crippen LogP contribution in [0.2, 0.25) is 0 Å². The van der Waals surface area contributed by atoms with Gasteiger partial charge < -0.3 is 9.97 Å². The van der Waals surface area contributed by atoms with Crippen LogP contribution in [0.5, 0.6) is 0 Å². The van der Waals surface area contributed by atoms with Gasteiger partial charge in [-0.3, -0.25) is 9.97 Å². The first-order chi connectivity index (χ1) is 53.4. The molecule has 0 spiro atoms. The van der Waals surface area contributed by atoms with E-state index < -0.39 is 0 Å². The standard InChI is InChI=1S/C101H118BrN7S2/c1-15-17-19-21-23-25-27-29-31-33-39-69-63-90(110-96(69)68-45-43-67(44-46-68)71-61-88(78-41-35-37-55-103-78)109-89(62-71)79-42-36-38-56-104-79)94-84-51-47-80(105-84)92(72-57-74(98(3,4)5)65-75(58-72)99(6,7)8)82-49-53-86(107-82)95(91-64-70(97(102)111-91)40-34-32-30-28-26-24-22-20-18-16-2)87-54-50-83(108-87)93(81-48-52-85(94)106-81)73-59-76(100(9,10)11)66-77(60-73)101(12,13)14/h35-38,41-66,105,108H,15-34,39-40H2,1-14H3. The molecular weight excluding hydrogens is 1460 g/mol. The Balaban J connectivity index is 1.03. The first-order valence-electron chi connectivity index (χ1n) is 41.7. The van der Waals surface area contributed by atoms with E-state index in [9.17, 15) is 0 Å². The highest BCUT2D eigenvalue weighted by Gasteiger charge is 2.28. The first-order valence-corrected chi connectivity index (χ1v) is 44.2. The summed E-state index contributed by atoms with van der Waals surface area (Å²) in [6.45, 7) is 32.7. The zero-order valence-electron chi connectivity index (χ0n) is 68.8. The number of thiophene rings is 2. The molecule has 13 rings (SSSR count). The number of benzene rings is 3. The van der Waals surface area contributed by atoms with E-state index in [2.05, 4.69) is 256 Å². The Morgan fingerprint density at radius 2 is 0.667 bits per heavy atom. The smallest absolute Gasteiger partial charge is 0.0900 e. The maximum atomic E-state index is 6.02. The van der Waals surface area contributed by atoms with Crippen molar-refractivity contribution in [1.82, 2.24) is 34.9 Å². The van der Waals surface area contributed by atoms with Gasteiger partial charge in [0, 0.05) is 71.3 Å². The van der Waals surface area contributed by atoms with E-state index in [1.165, 1.54) is 179 Å². The van der Waals surface area contributed by atoms with Gasteiger partial charge in [-0.05, 0) is 222 Å². The fourth-order valence-electron chi connectivity index (χ4n) is 15.7. The summed E-state index contributed by atoms with van der Waals surface area (Å²) < 4.78 is 1.20. The number of aromatic amines is 2. The molecule has 2 N–H and O–H groups in total. The van der Waals surface area contributed by atoms with Crippen LogP contribution in [0.25, 0.3) is 134 Å². The summed E-state index contributed by atoms with van der Waals surface area (Å²) in [6.07, 6.45) is 40.8. The van der Waals surface area contributed by atoms with E-state index in [4.69, 9.17) is 24.9 Å². The van der Waals surface area contributed by atoms with E-state index in [0.717, 1.165) is 131 Å². The second-order valence-corrected chi connectivity index (χ2v) is 38.9. The molecule has 0 unspecified atom stereocenters. The number of fused-ring (bicyclic) bond motifs is 8. The predicted molar refractivity (Wildman–Crippen MR) is 485 cm³/mol. The summed E-state index contributed by atoms with van der Waals surface area (Å²) >= 11 is 7.90. The van der Waals surface area contributed by atoms with E-state index in [-0.39, 0.29) is 21.7 Å². The molecule has 2 aliphatic heterocycles. The molecule has 0 amide bonds. The quantitative estimate of drug-likeness (QED) is 0.0437. The normalized spacial score (nSPS) is 12.6. The zero-order chi connectivity index (χ0) is 78.0. The highest BCUT2D eigenvalue weighted by molar-refractivity contribution is 9.11. The van der Waals surface area contributed by atoms with Gasteiger partial charge in [-0.25, -0.2) is 15.0 Å². The number of aryl methyl sites for hydroxylation is 2. The molecule has 576 valence electrons. The third-order valence-electron chi connectivity index (χ3n) is 22.5. The van der Waals surface area contributed by atoms with Gasteiger partial charge in [-0.2, -0.15) is 0 Å². The average Bonchev–Trinajstić information content (AvgIpc) is 1.66. The number of hydrogen-bond donors (Lipinski definition) is 2. The molecule has 8 bridgehead atoms. The van der Waals surface area contributed by atoms with Gasteiger partial charge in [0.25, 0.3) is 0 Å². The summed E-state index contributed by atoms with van der Waals surface area (Å²) in [5.41, 5.74) is 28.3. The van der Waals surface area contributed by atoms with Crippen LogP contribution in [0.3, 0.4) is 0 Å². The molecule has 10 heteroatoms. The van der Waals surface area contributed by atoms with Crippen LogP contribution in [-0.4, -0.2) is 34.9 Å². The lowest BCUT2D eigenvalue weighted by Gasteiger charge is -2.26. The average molecular weight is 1570 g/mol. The zero-order valence-corrected chi connectivity index (χ0v) is 72.0. The fraction of sp³-hybridized carbons (Fsp3) is 0.396. The van der Waals surface area contributed by atoms with Crippen molar-refractivity contribution in [1.29, 1.82) is 0 Å². The molecular formula is C101H118BrN7S2. The molecule has 10 heterocycles. The molecule has 0 aliphatic carbocycles. The van der Waals surface area contributed by atoms with Gasteiger partial charge in [0.05, 0.1) is 49.3 Å². The van der Waals surface area contributed by atoms with Crippen molar-refractivity contribution in [2.75, 3.05) is 0 Å². The fourth-order valence-corrected chi connectivity index (χ4v) is 18.8. The van der Waals surface area contributed by atoms with Crippen molar-refractivity contribution in [3.63, 3.8) is 0 Å². The summed E-state index contributed by atoms with van der Waals surface area (Å²) in [5, 5.41) is 0.